The first-order valence-corrected chi connectivity index (χ1v) is 7.45. The molecule has 2 atom stereocenters. The van der Waals surface area contributed by atoms with Crippen LogP contribution in [0, 0.1) is 0 Å². The highest BCUT2D eigenvalue weighted by Crippen LogP contribution is 2.18. The molecule has 2 rings (SSSR count). The van der Waals surface area contributed by atoms with Gasteiger partial charge < -0.3 is 15.1 Å². The van der Waals surface area contributed by atoms with E-state index in [0.717, 1.165) is 12.1 Å². The van der Waals surface area contributed by atoms with Crippen LogP contribution >= 0.6 is 0 Å². The highest BCUT2D eigenvalue weighted by atomic mass is 15.2. The summed E-state index contributed by atoms with van der Waals surface area (Å²) >= 11 is 0. The van der Waals surface area contributed by atoms with Gasteiger partial charge in [-0.2, -0.15) is 0 Å². The molecule has 0 aliphatic carbocycles. The van der Waals surface area contributed by atoms with Gasteiger partial charge in [-0.05, 0) is 58.8 Å². The lowest BCUT2D eigenvalue weighted by Crippen LogP contribution is -2.49. The highest BCUT2D eigenvalue weighted by molar-refractivity contribution is 4.84. The minimum atomic E-state index is 0.746. The van der Waals surface area contributed by atoms with Crippen molar-refractivity contribution in [2.24, 2.45) is 0 Å². The van der Waals surface area contributed by atoms with Crippen molar-refractivity contribution in [2.75, 3.05) is 39.8 Å². The summed E-state index contributed by atoms with van der Waals surface area (Å²) in [6.07, 6.45) is 6.79. The van der Waals surface area contributed by atoms with Gasteiger partial charge in [-0.3, -0.25) is 0 Å². The van der Waals surface area contributed by atoms with Gasteiger partial charge in [0.15, 0.2) is 0 Å². The maximum Gasteiger partial charge on any atom is 0.0220 e. The van der Waals surface area contributed by atoms with Crippen molar-refractivity contribution in [1.82, 2.24) is 15.1 Å². The van der Waals surface area contributed by atoms with E-state index in [4.69, 9.17) is 0 Å². The van der Waals surface area contributed by atoms with E-state index in [0.29, 0.717) is 0 Å². The molecule has 2 unspecified atom stereocenters. The first kappa shape index (κ1) is 13.3. The standard InChI is InChI=1S/C14H29N3/c1-3-8-15-13-6-4-10-17(11-13)12-14-7-5-9-16(14)2/h13-15H,3-12H2,1-2H3. The molecule has 2 aliphatic rings. The van der Waals surface area contributed by atoms with Crippen molar-refractivity contribution in [3.8, 4) is 0 Å². The Labute approximate surface area is 107 Å². The fourth-order valence-corrected chi connectivity index (χ4v) is 3.24. The highest BCUT2D eigenvalue weighted by Gasteiger charge is 2.26. The third kappa shape index (κ3) is 3.94. The molecule has 2 aliphatic heterocycles. The van der Waals surface area contributed by atoms with Crippen LogP contribution in [-0.2, 0) is 0 Å². The second-order valence-electron chi connectivity index (χ2n) is 5.83. The molecule has 2 heterocycles. The number of likely N-dealkylation sites (N-methyl/N-ethyl adjacent to an activating group) is 1. The molecule has 0 saturated carbocycles. The van der Waals surface area contributed by atoms with Gasteiger partial charge in [0, 0.05) is 25.2 Å². The van der Waals surface area contributed by atoms with Crippen LogP contribution in [0.25, 0.3) is 0 Å². The fourth-order valence-electron chi connectivity index (χ4n) is 3.24. The Hall–Kier alpha value is -0.120. The lowest BCUT2D eigenvalue weighted by molar-refractivity contribution is 0.147. The number of hydrogen-bond acceptors (Lipinski definition) is 3. The van der Waals surface area contributed by atoms with E-state index in [-0.39, 0.29) is 0 Å². The minimum Gasteiger partial charge on any atom is -0.313 e. The molecule has 0 aromatic rings. The Morgan fingerprint density at radius 1 is 1.18 bits per heavy atom. The van der Waals surface area contributed by atoms with Crippen LogP contribution in [0.3, 0.4) is 0 Å². The summed E-state index contributed by atoms with van der Waals surface area (Å²) in [7, 11) is 2.29. The van der Waals surface area contributed by atoms with Crippen LogP contribution in [0.5, 0.6) is 0 Å². The molecule has 0 bridgehead atoms. The smallest absolute Gasteiger partial charge is 0.0220 e. The lowest BCUT2D eigenvalue weighted by Gasteiger charge is -2.36. The summed E-state index contributed by atoms with van der Waals surface area (Å²) in [5.41, 5.74) is 0. The summed E-state index contributed by atoms with van der Waals surface area (Å²) in [6, 6.07) is 1.57. The van der Waals surface area contributed by atoms with Gasteiger partial charge in [0.05, 0.1) is 0 Å². The van der Waals surface area contributed by atoms with E-state index in [1.54, 1.807) is 0 Å². The van der Waals surface area contributed by atoms with Crippen molar-refractivity contribution >= 4 is 0 Å². The topological polar surface area (TPSA) is 18.5 Å². The summed E-state index contributed by atoms with van der Waals surface area (Å²) in [5, 5.41) is 3.68. The third-order valence-electron chi connectivity index (χ3n) is 4.33. The fraction of sp³-hybridized carbons (Fsp3) is 1.00. The zero-order valence-corrected chi connectivity index (χ0v) is 11.6. The van der Waals surface area contributed by atoms with E-state index in [1.165, 1.54) is 64.8 Å². The van der Waals surface area contributed by atoms with Crippen molar-refractivity contribution in [1.29, 1.82) is 0 Å². The van der Waals surface area contributed by atoms with Gasteiger partial charge in [0.2, 0.25) is 0 Å². The van der Waals surface area contributed by atoms with Gasteiger partial charge in [-0.1, -0.05) is 6.92 Å². The molecule has 3 heteroatoms. The van der Waals surface area contributed by atoms with Gasteiger partial charge in [-0.15, -0.1) is 0 Å². The number of nitrogens with one attached hydrogen (secondary N) is 1. The van der Waals surface area contributed by atoms with E-state index < -0.39 is 0 Å². The van der Waals surface area contributed by atoms with Crippen molar-refractivity contribution in [2.45, 2.75) is 51.1 Å². The average molecular weight is 239 g/mol. The zero-order valence-electron chi connectivity index (χ0n) is 11.6. The largest absolute Gasteiger partial charge is 0.313 e. The van der Waals surface area contributed by atoms with Crippen LogP contribution in [0.2, 0.25) is 0 Å². The monoisotopic (exact) mass is 239 g/mol. The van der Waals surface area contributed by atoms with E-state index in [1.807, 2.05) is 0 Å². The van der Waals surface area contributed by atoms with Crippen LogP contribution in [-0.4, -0.2) is 61.7 Å². The van der Waals surface area contributed by atoms with Gasteiger partial charge >= 0.3 is 0 Å². The predicted octanol–water partition coefficient (Wildman–Crippen LogP) is 1.54. The Balaban J connectivity index is 1.73. The SMILES string of the molecule is CCCNC1CCCN(CC2CCCN2C)C1. The molecule has 0 aromatic carbocycles. The van der Waals surface area contributed by atoms with E-state index >= 15 is 0 Å². The number of nitrogens with zero attached hydrogens (tertiary/aromatic N) is 2. The Morgan fingerprint density at radius 3 is 2.71 bits per heavy atom. The second kappa shape index (κ2) is 6.72. The van der Waals surface area contributed by atoms with Crippen molar-refractivity contribution in [3.63, 3.8) is 0 Å². The number of hydrogen-bond donors (Lipinski definition) is 1. The second-order valence-corrected chi connectivity index (χ2v) is 5.83. The zero-order chi connectivity index (χ0) is 12.1. The molecule has 3 nitrogen and oxygen atoms in total. The Bertz CT molecular complexity index is 220. The van der Waals surface area contributed by atoms with Crippen molar-refractivity contribution < 1.29 is 0 Å². The quantitative estimate of drug-likeness (QED) is 0.785. The average Bonchev–Trinajstić information content (AvgIpc) is 2.73. The molecule has 2 fully saturated rings. The van der Waals surface area contributed by atoms with Gasteiger partial charge in [0.1, 0.15) is 0 Å². The molecule has 0 amide bonds. The molecule has 0 spiro atoms. The van der Waals surface area contributed by atoms with E-state index in [2.05, 4.69) is 29.1 Å². The number of rotatable bonds is 5. The first-order valence-electron chi connectivity index (χ1n) is 7.45. The number of likely N-dealkylation sites (tertiary alicyclic amines) is 2. The summed E-state index contributed by atoms with van der Waals surface area (Å²) < 4.78 is 0. The molecule has 17 heavy (non-hydrogen) atoms. The van der Waals surface area contributed by atoms with Crippen LogP contribution in [0.15, 0.2) is 0 Å². The lowest BCUT2D eigenvalue weighted by atomic mass is 10.0. The van der Waals surface area contributed by atoms with Gasteiger partial charge in [0.25, 0.3) is 0 Å². The number of piperidine rings is 1. The molecule has 2 saturated heterocycles. The first-order chi connectivity index (χ1) is 8.29. The van der Waals surface area contributed by atoms with Crippen LogP contribution < -0.4 is 5.32 Å². The molecule has 100 valence electrons. The third-order valence-corrected chi connectivity index (χ3v) is 4.33. The summed E-state index contributed by atoms with van der Waals surface area (Å²) in [5.74, 6) is 0. The van der Waals surface area contributed by atoms with E-state index in [9.17, 15) is 0 Å². The minimum absolute atomic E-state index is 0.746. The van der Waals surface area contributed by atoms with Crippen LogP contribution in [0.4, 0.5) is 0 Å². The van der Waals surface area contributed by atoms with Crippen LogP contribution in [0.1, 0.15) is 39.0 Å². The molecular formula is C14H29N3. The maximum atomic E-state index is 3.68. The summed E-state index contributed by atoms with van der Waals surface area (Å²) in [6.45, 7) is 8.61. The Morgan fingerprint density at radius 2 is 2.00 bits per heavy atom. The predicted molar refractivity (Wildman–Crippen MR) is 73.4 cm³/mol. The molecule has 0 radical (unpaired) electrons. The maximum absolute atomic E-state index is 3.68. The summed E-state index contributed by atoms with van der Waals surface area (Å²) in [4.78, 5) is 5.23. The molecule has 0 aromatic heterocycles. The normalized spacial score (nSPS) is 32.1. The van der Waals surface area contributed by atoms with Crippen molar-refractivity contribution in [3.05, 3.63) is 0 Å². The Kier molecular flexibility index (Phi) is 5.26. The molecule has 1 N–H and O–H groups in total. The van der Waals surface area contributed by atoms with Gasteiger partial charge in [-0.25, -0.2) is 0 Å². The molecular weight excluding hydrogens is 210 g/mol.